The van der Waals surface area contributed by atoms with Gasteiger partial charge in [0.05, 0.1) is 13.2 Å². The largest absolute Gasteiger partial charge is 0.496 e. The molecule has 1 heterocycles. The van der Waals surface area contributed by atoms with Crippen LogP contribution < -0.4 is 16.0 Å². The molecule has 0 spiro atoms. The van der Waals surface area contributed by atoms with Gasteiger partial charge in [0.15, 0.2) is 0 Å². The third kappa shape index (κ3) is 2.69. The number of fused-ring (bicyclic) bond motifs is 1. The van der Waals surface area contributed by atoms with Crippen LogP contribution in [-0.4, -0.2) is 7.11 Å². The van der Waals surface area contributed by atoms with E-state index in [2.05, 4.69) is 16.9 Å². The Labute approximate surface area is 127 Å². The van der Waals surface area contributed by atoms with E-state index in [0.717, 1.165) is 24.8 Å². The second-order valence-electron chi connectivity index (χ2n) is 5.33. The summed E-state index contributed by atoms with van der Waals surface area (Å²) < 4.78 is 19.0. The molecule has 1 aromatic heterocycles. The smallest absolute Gasteiger partial charge is 0.123 e. The van der Waals surface area contributed by atoms with E-state index in [1.807, 2.05) is 0 Å². The van der Waals surface area contributed by atoms with Crippen LogP contribution in [0.3, 0.4) is 0 Å². The number of halogens is 1. The van der Waals surface area contributed by atoms with E-state index in [-0.39, 0.29) is 17.8 Å². The van der Waals surface area contributed by atoms with Gasteiger partial charge in [0.2, 0.25) is 0 Å². The van der Waals surface area contributed by atoms with Gasteiger partial charge in [0.1, 0.15) is 11.6 Å². The number of rotatable bonds is 4. The van der Waals surface area contributed by atoms with Crippen molar-refractivity contribution in [2.45, 2.75) is 31.2 Å². The van der Waals surface area contributed by atoms with Crippen LogP contribution in [0.25, 0.3) is 0 Å². The first-order valence-corrected chi connectivity index (χ1v) is 7.98. The van der Waals surface area contributed by atoms with Crippen LogP contribution in [0.5, 0.6) is 5.75 Å². The van der Waals surface area contributed by atoms with E-state index in [9.17, 15) is 4.39 Å². The van der Waals surface area contributed by atoms with E-state index < -0.39 is 0 Å². The van der Waals surface area contributed by atoms with E-state index >= 15 is 0 Å². The second-order valence-corrected chi connectivity index (χ2v) is 6.33. The fraction of sp³-hybridized carbons (Fsp3) is 0.375. The second kappa shape index (κ2) is 6.13. The van der Waals surface area contributed by atoms with Gasteiger partial charge in [0, 0.05) is 16.4 Å². The number of benzene rings is 1. The Hall–Kier alpha value is -1.43. The number of nitrogens with two attached hydrogens (primary N) is 1. The third-order valence-corrected chi connectivity index (χ3v) is 5.20. The Balaban J connectivity index is 2.02. The summed E-state index contributed by atoms with van der Waals surface area (Å²) in [4.78, 5) is 1.42. The maximum absolute atomic E-state index is 13.7. The van der Waals surface area contributed by atoms with Crippen molar-refractivity contribution in [1.29, 1.82) is 0 Å². The molecule has 2 unspecified atom stereocenters. The summed E-state index contributed by atoms with van der Waals surface area (Å²) in [5.74, 6) is 6.46. The maximum atomic E-state index is 13.7. The molecule has 0 radical (unpaired) electrons. The molecule has 5 heteroatoms. The highest BCUT2D eigenvalue weighted by atomic mass is 32.1. The summed E-state index contributed by atoms with van der Waals surface area (Å²) in [7, 11) is 1.60. The van der Waals surface area contributed by atoms with Crippen molar-refractivity contribution in [3.63, 3.8) is 0 Å². The van der Waals surface area contributed by atoms with E-state index in [0.29, 0.717) is 5.75 Å². The van der Waals surface area contributed by atoms with Crippen molar-refractivity contribution in [3.8, 4) is 5.75 Å². The number of hydrogen-bond acceptors (Lipinski definition) is 4. The number of hydrogen-bond donors (Lipinski definition) is 2. The Morgan fingerprint density at radius 3 is 3.05 bits per heavy atom. The summed E-state index contributed by atoms with van der Waals surface area (Å²) >= 11 is 1.79. The number of methoxy groups -OCH3 is 1. The lowest BCUT2D eigenvalue weighted by atomic mass is 9.80. The molecule has 1 aliphatic rings. The molecule has 112 valence electrons. The number of ether oxygens (including phenoxy) is 1. The zero-order chi connectivity index (χ0) is 14.8. The summed E-state index contributed by atoms with van der Waals surface area (Å²) in [6.07, 6.45) is 3.30. The van der Waals surface area contributed by atoms with Gasteiger partial charge in [-0.15, -0.1) is 11.3 Å². The predicted molar refractivity (Wildman–Crippen MR) is 83.0 cm³/mol. The van der Waals surface area contributed by atoms with Crippen LogP contribution in [0.2, 0.25) is 0 Å². The highest BCUT2D eigenvalue weighted by Gasteiger charge is 2.31. The van der Waals surface area contributed by atoms with Crippen LogP contribution in [0.1, 0.15) is 40.8 Å². The topological polar surface area (TPSA) is 47.3 Å². The van der Waals surface area contributed by atoms with Crippen LogP contribution in [0, 0.1) is 5.82 Å². The van der Waals surface area contributed by atoms with Crippen LogP contribution in [-0.2, 0) is 6.42 Å². The van der Waals surface area contributed by atoms with Crippen molar-refractivity contribution in [3.05, 3.63) is 51.5 Å². The molecule has 3 rings (SSSR count). The quantitative estimate of drug-likeness (QED) is 0.671. The minimum Gasteiger partial charge on any atom is -0.496 e. The molecule has 0 saturated carbocycles. The minimum atomic E-state index is -0.271. The van der Waals surface area contributed by atoms with Crippen molar-refractivity contribution < 1.29 is 9.13 Å². The first-order valence-electron chi connectivity index (χ1n) is 7.10. The molecule has 2 atom stereocenters. The molecule has 0 fully saturated rings. The van der Waals surface area contributed by atoms with Crippen molar-refractivity contribution >= 4 is 11.3 Å². The molecular weight excluding hydrogens is 287 g/mol. The van der Waals surface area contributed by atoms with Gasteiger partial charge in [-0.3, -0.25) is 11.3 Å². The summed E-state index contributed by atoms with van der Waals surface area (Å²) in [5.41, 5.74) is 4.99. The van der Waals surface area contributed by atoms with Gasteiger partial charge < -0.3 is 4.74 Å². The highest BCUT2D eigenvalue weighted by molar-refractivity contribution is 7.10. The lowest BCUT2D eigenvalue weighted by molar-refractivity contribution is 0.370. The Morgan fingerprint density at radius 2 is 2.29 bits per heavy atom. The Bertz CT molecular complexity index is 628. The van der Waals surface area contributed by atoms with Crippen molar-refractivity contribution in [2.75, 3.05) is 7.11 Å². The van der Waals surface area contributed by atoms with E-state index in [1.165, 1.54) is 22.6 Å². The van der Waals surface area contributed by atoms with Gasteiger partial charge >= 0.3 is 0 Å². The lowest BCUT2D eigenvalue weighted by Gasteiger charge is -2.31. The van der Waals surface area contributed by atoms with Gasteiger partial charge in [0.25, 0.3) is 0 Å². The molecule has 1 aromatic carbocycles. The van der Waals surface area contributed by atoms with Gasteiger partial charge in [-0.05, 0) is 54.5 Å². The number of nitrogens with one attached hydrogen (secondary N) is 1. The van der Waals surface area contributed by atoms with Crippen molar-refractivity contribution in [2.24, 2.45) is 5.84 Å². The van der Waals surface area contributed by atoms with Gasteiger partial charge in [-0.1, -0.05) is 0 Å². The van der Waals surface area contributed by atoms with Gasteiger partial charge in [-0.2, -0.15) is 0 Å². The summed E-state index contributed by atoms with van der Waals surface area (Å²) in [6, 6.07) is 6.60. The van der Waals surface area contributed by atoms with E-state index in [1.54, 1.807) is 24.5 Å². The summed E-state index contributed by atoms with van der Waals surface area (Å²) in [5, 5.41) is 2.12. The predicted octanol–water partition coefficient (Wildman–Crippen LogP) is 3.52. The van der Waals surface area contributed by atoms with E-state index in [4.69, 9.17) is 10.6 Å². The first-order chi connectivity index (χ1) is 10.2. The molecule has 0 bridgehead atoms. The number of hydrazine groups is 1. The normalized spacial score (nSPS) is 19.1. The molecule has 1 aliphatic carbocycles. The zero-order valence-corrected chi connectivity index (χ0v) is 12.8. The number of aryl methyl sites for hydroxylation is 1. The average Bonchev–Trinajstić information content (AvgIpc) is 2.97. The molecule has 2 aromatic rings. The molecular formula is C16H19FN2OS. The van der Waals surface area contributed by atoms with Crippen molar-refractivity contribution in [1.82, 2.24) is 5.43 Å². The molecule has 3 N–H and O–H groups in total. The Morgan fingerprint density at radius 1 is 1.43 bits per heavy atom. The first kappa shape index (κ1) is 14.5. The average molecular weight is 306 g/mol. The molecule has 0 saturated heterocycles. The standard InChI is InChI=1S/C16H19FN2OS/c1-20-14-6-5-10(17)9-13(14)16(19-18)12-3-2-4-15-11(12)7-8-21-15/h5-9,12,16,19H,2-4,18H2,1H3. The fourth-order valence-electron chi connectivity index (χ4n) is 3.24. The minimum absolute atomic E-state index is 0.149. The van der Waals surface area contributed by atoms with Crippen LogP contribution >= 0.6 is 11.3 Å². The number of thiophene rings is 1. The Kier molecular flexibility index (Phi) is 4.24. The SMILES string of the molecule is COc1ccc(F)cc1C(NN)C1CCCc2sccc21. The third-order valence-electron chi connectivity index (χ3n) is 4.21. The molecule has 0 aliphatic heterocycles. The fourth-order valence-corrected chi connectivity index (χ4v) is 4.24. The lowest BCUT2D eigenvalue weighted by Crippen LogP contribution is -2.34. The highest BCUT2D eigenvalue weighted by Crippen LogP contribution is 2.44. The maximum Gasteiger partial charge on any atom is 0.123 e. The van der Waals surface area contributed by atoms with Crippen LogP contribution in [0.4, 0.5) is 4.39 Å². The molecule has 21 heavy (non-hydrogen) atoms. The van der Waals surface area contributed by atoms with Gasteiger partial charge in [-0.25, -0.2) is 4.39 Å². The monoisotopic (exact) mass is 306 g/mol. The molecule has 0 amide bonds. The van der Waals surface area contributed by atoms with Crippen LogP contribution in [0.15, 0.2) is 29.6 Å². The zero-order valence-electron chi connectivity index (χ0n) is 11.9. The summed E-state index contributed by atoms with van der Waals surface area (Å²) in [6.45, 7) is 0. The molecule has 3 nitrogen and oxygen atoms in total.